The number of carbonyl (C=O) groups is 2. The maximum Gasteiger partial charge on any atom is 1.00 e. The molecular formula is C7H7KO3. The summed E-state index contributed by atoms with van der Waals surface area (Å²) in [4.78, 5) is 20.7. The normalized spacial score (nSPS) is 21.5. The van der Waals surface area contributed by atoms with Gasteiger partial charge in [-0.25, -0.2) is 0 Å². The zero-order valence-electron chi connectivity index (χ0n) is 6.37. The molecule has 0 amide bonds. The number of carboxylic acids is 1. The summed E-state index contributed by atoms with van der Waals surface area (Å²) in [6, 6.07) is 0. The molecule has 0 aromatic rings. The molecule has 1 aliphatic carbocycles. The van der Waals surface area contributed by atoms with Crippen LogP contribution in [0.25, 0.3) is 0 Å². The molecular weight excluding hydrogens is 171 g/mol. The van der Waals surface area contributed by atoms with Crippen molar-refractivity contribution in [2.24, 2.45) is 5.92 Å². The quantitative estimate of drug-likeness (QED) is 0.409. The Kier molecular flexibility index (Phi) is 5.46. The Labute approximate surface area is 107 Å². The second kappa shape index (κ2) is 5.21. The Morgan fingerprint density at radius 1 is 1.73 bits per heavy atom. The number of rotatable bonds is 2. The van der Waals surface area contributed by atoms with Gasteiger partial charge in [-0.05, 0) is 18.9 Å². The molecule has 0 saturated carbocycles. The van der Waals surface area contributed by atoms with Crippen LogP contribution in [-0.4, -0.2) is 11.8 Å². The Bertz CT molecular complexity index is 198. The van der Waals surface area contributed by atoms with Gasteiger partial charge in [0.2, 0.25) is 0 Å². The third kappa shape index (κ3) is 3.62. The summed E-state index contributed by atoms with van der Waals surface area (Å²) in [6.45, 7) is 0. The first-order valence-corrected chi connectivity index (χ1v) is 3.10. The molecule has 0 aromatic carbocycles. The van der Waals surface area contributed by atoms with Gasteiger partial charge in [-0.15, -0.1) is 0 Å². The molecule has 1 rings (SSSR count). The SMILES string of the molecule is O=C([O-])CC1CC=CC1=O.[K+]. The molecule has 1 atom stereocenters. The van der Waals surface area contributed by atoms with E-state index in [9.17, 15) is 14.7 Å². The van der Waals surface area contributed by atoms with Crippen LogP contribution >= 0.6 is 0 Å². The Hall–Kier alpha value is 0.516. The molecule has 11 heavy (non-hydrogen) atoms. The van der Waals surface area contributed by atoms with Gasteiger partial charge in [-0.3, -0.25) is 4.79 Å². The topological polar surface area (TPSA) is 57.2 Å². The fourth-order valence-corrected chi connectivity index (χ4v) is 0.986. The van der Waals surface area contributed by atoms with Crippen molar-refractivity contribution in [3.05, 3.63) is 12.2 Å². The zero-order valence-corrected chi connectivity index (χ0v) is 9.49. The molecule has 3 nitrogen and oxygen atoms in total. The average Bonchev–Trinajstić information content (AvgIpc) is 2.15. The summed E-state index contributed by atoms with van der Waals surface area (Å²) < 4.78 is 0. The number of carbonyl (C=O) groups excluding carboxylic acids is 2. The predicted octanol–water partition coefficient (Wildman–Crippen LogP) is -3.72. The predicted molar refractivity (Wildman–Crippen MR) is 31.9 cm³/mol. The molecule has 4 heteroatoms. The molecule has 1 aliphatic rings. The standard InChI is InChI=1S/C7H8O3.K/c8-6-3-1-2-5(6)4-7(9)10;/h1,3,5H,2,4H2,(H,9,10);/q;+1/p-1. The summed E-state index contributed by atoms with van der Waals surface area (Å²) >= 11 is 0. The van der Waals surface area contributed by atoms with Gasteiger partial charge in [-0.2, -0.15) is 0 Å². The summed E-state index contributed by atoms with van der Waals surface area (Å²) in [5, 5.41) is 10.0. The minimum atomic E-state index is -1.15. The van der Waals surface area contributed by atoms with Crippen molar-refractivity contribution in [1.82, 2.24) is 0 Å². The van der Waals surface area contributed by atoms with Crippen LogP contribution in [-0.2, 0) is 9.59 Å². The van der Waals surface area contributed by atoms with Crippen LogP contribution in [0.2, 0.25) is 0 Å². The summed E-state index contributed by atoms with van der Waals surface area (Å²) in [6.07, 6.45) is 3.52. The maximum atomic E-state index is 10.7. The van der Waals surface area contributed by atoms with Crippen LogP contribution in [0, 0.1) is 5.92 Å². The van der Waals surface area contributed by atoms with Gasteiger partial charge in [0.15, 0.2) is 5.78 Å². The fraction of sp³-hybridized carbons (Fsp3) is 0.429. The van der Waals surface area contributed by atoms with Gasteiger partial charge in [0.25, 0.3) is 0 Å². The minimum absolute atomic E-state index is 0. The number of aliphatic carboxylic acids is 1. The number of hydrogen-bond acceptors (Lipinski definition) is 3. The van der Waals surface area contributed by atoms with Crippen molar-refractivity contribution in [2.75, 3.05) is 0 Å². The molecule has 0 aliphatic heterocycles. The van der Waals surface area contributed by atoms with Crippen molar-refractivity contribution in [1.29, 1.82) is 0 Å². The molecule has 0 saturated heterocycles. The van der Waals surface area contributed by atoms with Gasteiger partial charge in [-0.1, -0.05) is 6.08 Å². The summed E-state index contributed by atoms with van der Waals surface area (Å²) in [5.74, 6) is -1.60. The number of ketones is 1. The van der Waals surface area contributed by atoms with Crippen LogP contribution < -0.4 is 56.5 Å². The minimum Gasteiger partial charge on any atom is -0.550 e. The zero-order chi connectivity index (χ0) is 7.56. The van der Waals surface area contributed by atoms with Crippen LogP contribution in [0.5, 0.6) is 0 Å². The monoisotopic (exact) mass is 178 g/mol. The van der Waals surface area contributed by atoms with Crippen molar-refractivity contribution in [3.63, 3.8) is 0 Å². The van der Waals surface area contributed by atoms with Crippen molar-refractivity contribution in [3.8, 4) is 0 Å². The van der Waals surface area contributed by atoms with Crippen LogP contribution in [0.3, 0.4) is 0 Å². The number of allylic oxidation sites excluding steroid dienone is 2. The van der Waals surface area contributed by atoms with Crippen molar-refractivity contribution >= 4 is 11.8 Å². The molecule has 0 heterocycles. The molecule has 1 unspecified atom stereocenters. The van der Waals surface area contributed by atoms with Crippen molar-refractivity contribution in [2.45, 2.75) is 12.8 Å². The fourth-order valence-electron chi connectivity index (χ4n) is 0.986. The first-order chi connectivity index (χ1) is 4.70. The van der Waals surface area contributed by atoms with E-state index in [0.717, 1.165) is 0 Å². The second-order valence-electron chi connectivity index (χ2n) is 2.31. The van der Waals surface area contributed by atoms with Crippen molar-refractivity contribution < 1.29 is 66.1 Å². The Morgan fingerprint density at radius 2 is 2.36 bits per heavy atom. The van der Waals surface area contributed by atoms with E-state index >= 15 is 0 Å². The number of carboxylic acid groups (broad SMARTS) is 1. The van der Waals surface area contributed by atoms with E-state index in [1.807, 2.05) is 0 Å². The van der Waals surface area contributed by atoms with E-state index in [2.05, 4.69) is 0 Å². The number of hydrogen-bond donors (Lipinski definition) is 0. The van der Waals surface area contributed by atoms with Crippen LogP contribution in [0.4, 0.5) is 0 Å². The Balaban J connectivity index is 0.000001000. The van der Waals surface area contributed by atoms with E-state index in [1.54, 1.807) is 6.08 Å². The second-order valence-corrected chi connectivity index (χ2v) is 2.31. The molecule has 0 N–H and O–H groups in total. The smallest absolute Gasteiger partial charge is 0.550 e. The third-order valence-electron chi connectivity index (χ3n) is 1.52. The van der Waals surface area contributed by atoms with Crippen LogP contribution in [0.15, 0.2) is 12.2 Å². The van der Waals surface area contributed by atoms with E-state index in [-0.39, 0.29) is 69.5 Å². The van der Waals surface area contributed by atoms with E-state index in [0.29, 0.717) is 6.42 Å². The summed E-state index contributed by atoms with van der Waals surface area (Å²) in [7, 11) is 0. The molecule has 0 bridgehead atoms. The van der Waals surface area contributed by atoms with E-state index in [4.69, 9.17) is 0 Å². The van der Waals surface area contributed by atoms with Gasteiger partial charge < -0.3 is 9.90 Å². The van der Waals surface area contributed by atoms with Crippen LogP contribution in [0.1, 0.15) is 12.8 Å². The molecule has 54 valence electrons. The largest absolute Gasteiger partial charge is 1.00 e. The maximum absolute atomic E-state index is 10.7. The summed E-state index contributed by atoms with van der Waals surface area (Å²) in [5.41, 5.74) is 0. The first kappa shape index (κ1) is 11.5. The van der Waals surface area contributed by atoms with Gasteiger partial charge in [0, 0.05) is 11.9 Å². The molecule has 0 aromatic heterocycles. The molecule has 0 fully saturated rings. The van der Waals surface area contributed by atoms with E-state index < -0.39 is 5.97 Å². The van der Waals surface area contributed by atoms with E-state index in [1.165, 1.54) is 6.08 Å². The Morgan fingerprint density at radius 3 is 2.73 bits per heavy atom. The van der Waals surface area contributed by atoms with Gasteiger partial charge in [0.05, 0.1) is 0 Å². The van der Waals surface area contributed by atoms with Gasteiger partial charge in [0.1, 0.15) is 0 Å². The molecule has 0 radical (unpaired) electrons. The molecule has 0 spiro atoms. The average molecular weight is 178 g/mol. The third-order valence-corrected chi connectivity index (χ3v) is 1.52. The van der Waals surface area contributed by atoms with Gasteiger partial charge >= 0.3 is 51.4 Å². The first-order valence-electron chi connectivity index (χ1n) is 3.10.